The zero-order valence-corrected chi connectivity index (χ0v) is 11.8. The van der Waals surface area contributed by atoms with Crippen LogP contribution < -0.4 is 5.32 Å². The largest absolute Gasteiger partial charge is 0.459 e. The van der Waals surface area contributed by atoms with Gasteiger partial charge in [0.05, 0.1) is 12.6 Å². The molecule has 19 heavy (non-hydrogen) atoms. The third-order valence-electron chi connectivity index (χ3n) is 3.21. The molecule has 1 aromatic carbocycles. The minimum Gasteiger partial charge on any atom is -0.459 e. The Balaban J connectivity index is 1.78. The zero-order chi connectivity index (χ0) is 13.5. The molecule has 0 fully saturated rings. The van der Waals surface area contributed by atoms with E-state index in [4.69, 9.17) is 9.15 Å². The van der Waals surface area contributed by atoms with E-state index in [-0.39, 0.29) is 6.04 Å². The molecule has 1 unspecified atom stereocenters. The molecule has 1 aromatic heterocycles. The number of para-hydroxylation sites is 1. The SMILES string of the molecule is CCCCOCCNC(C)c1cc2ccccc2o1. The van der Waals surface area contributed by atoms with E-state index in [0.29, 0.717) is 0 Å². The van der Waals surface area contributed by atoms with Crippen LogP contribution in [-0.4, -0.2) is 19.8 Å². The second kappa shape index (κ2) is 7.31. The van der Waals surface area contributed by atoms with Crippen molar-refractivity contribution in [2.75, 3.05) is 19.8 Å². The van der Waals surface area contributed by atoms with Crippen molar-refractivity contribution in [2.24, 2.45) is 0 Å². The molecule has 3 nitrogen and oxygen atoms in total. The molecule has 0 bridgehead atoms. The molecule has 1 heterocycles. The maximum absolute atomic E-state index is 5.82. The Morgan fingerprint density at radius 1 is 1.26 bits per heavy atom. The van der Waals surface area contributed by atoms with Crippen LogP contribution in [0.25, 0.3) is 11.0 Å². The predicted octanol–water partition coefficient (Wildman–Crippen LogP) is 3.90. The molecule has 3 heteroatoms. The Morgan fingerprint density at radius 2 is 2.11 bits per heavy atom. The van der Waals surface area contributed by atoms with Gasteiger partial charge < -0.3 is 14.5 Å². The number of ether oxygens (including phenoxy) is 1. The van der Waals surface area contributed by atoms with Crippen LogP contribution in [0.15, 0.2) is 34.7 Å². The summed E-state index contributed by atoms with van der Waals surface area (Å²) < 4.78 is 11.3. The van der Waals surface area contributed by atoms with Crippen LogP contribution in [-0.2, 0) is 4.74 Å². The Labute approximate surface area is 114 Å². The van der Waals surface area contributed by atoms with Crippen LogP contribution in [0.2, 0.25) is 0 Å². The lowest BCUT2D eigenvalue weighted by Crippen LogP contribution is -2.23. The van der Waals surface area contributed by atoms with E-state index in [1.54, 1.807) is 0 Å². The van der Waals surface area contributed by atoms with Crippen LogP contribution in [0.4, 0.5) is 0 Å². The third-order valence-corrected chi connectivity index (χ3v) is 3.21. The Hall–Kier alpha value is -1.32. The Kier molecular flexibility index (Phi) is 5.43. The summed E-state index contributed by atoms with van der Waals surface area (Å²) in [6.07, 6.45) is 2.32. The van der Waals surface area contributed by atoms with E-state index in [2.05, 4.69) is 31.3 Å². The quantitative estimate of drug-likeness (QED) is 0.732. The number of rotatable bonds is 8. The van der Waals surface area contributed by atoms with Gasteiger partial charge in [-0.1, -0.05) is 31.5 Å². The summed E-state index contributed by atoms with van der Waals surface area (Å²) in [5.41, 5.74) is 0.949. The molecular weight excluding hydrogens is 238 g/mol. The van der Waals surface area contributed by atoms with Gasteiger partial charge in [-0.25, -0.2) is 0 Å². The van der Waals surface area contributed by atoms with Crippen molar-refractivity contribution in [2.45, 2.75) is 32.7 Å². The molecule has 104 valence electrons. The highest BCUT2D eigenvalue weighted by Crippen LogP contribution is 2.23. The second-order valence-electron chi connectivity index (χ2n) is 4.83. The minimum atomic E-state index is 0.210. The van der Waals surface area contributed by atoms with E-state index in [9.17, 15) is 0 Å². The smallest absolute Gasteiger partial charge is 0.134 e. The van der Waals surface area contributed by atoms with E-state index in [0.717, 1.165) is 42.9 Å². The molecule has 0 aliphatic heterocycles. The average molecular weight is 261 g/mol. The standard InChI is InChI=1S/C16H23NO2/c1-3-4-10-18-11-9-17-13(2)16-12-14-7-5-6-8-15(14)19-16/h5-8,12-13,17H,3-4,9-11H2,1-2H3. The molecule has 2 aromatic rings. The fourth-order valence-corrected chi connectivity index (χ4v) is 2.01. The number of benzene rings is 1. The molecule has 1 N–H and O–H groups in total. The number of fused-ring (bicyclic) bond motifs is 1. The van der Waals surface area contributed by atoms with E-state index < -0.39 is 0 Å². The van der Waals surface area contributed by atoms with Gasteiger partial charge in [-0.3, -0.25) is 0 Å². The van der Waals surface area contributed by atoms with Gasteiger partial charge in [0.15, 0.2) is 0 Å². The van der Waals surface area contributed by atoms with Crippen molar-refractivity contribution >= 4 is 11.0 Å². The van der Waals surface area contributed by atoms with Gasteiger partial charge in [0.25, 0.3) is 0 Å². The highest BCUT2D eigenvalue weighted by molar-refractivity contribution is 5.77. The topological polar surface area (TPSA) is 34.4 Å². The molecule has 0 saturated heterocycles. The van der Waals surface area contributed by atoms with Gasteiger partial charge >= 0.3 is 0 Å². The van der Waals surface area contributed by atoms with Crippen molar-refractivity contribution in [3.05, 3.63) is 36.1 Å². The van der Waals surface area contributed by atoms with Crippen molar-refractivity contribution in [1.29, 1.82) is 0 Å². The number of hydrogen-bond donors (Lipinski definition) is 1. The molecule has 0 aliphatic rings. The number of unbranched alkanes of at least 4 members (excludes halogenated alkanes) is 1. The zero-order valence-electron chi connectivity index (χ0n) is 11.8. The summed E-state index contributed by atoms with van der Waals surface area (Å²) in [5, 5.41) is 4.58. The van der Waals surface area contributed by atoms with Crippen molar-refractivity contribution < 1.29 is 9.15 Å². The van der Waals surface area contributed by atoms with Gasteiger partial charge in [-0.2, -0.15) is 0 Å². The first-order valence-electron chi connectivity index (χ1n) is 7.11. The van der Waals surface area contributed by atoms with Crippen LogP contribution >= 0.6 is 0 Å². The van der Waals surface area contributed by atoms with Gasteiger partial charge in [-0.15, -0.1) is 0 Å². The highest BCUT2D eigenvalue weighted by atomic mass is 16.5. The van der Waals surface area contributed by atoms with Crippen molar-refractivity contribution in [3.8, 4) is 0 Å². The molecule has 0 saturated carbocycles. The molecule has 1 atom stereocenters. The molecule has 0 radical (unpaired) electrons. The Morgan fingerprint density at radius 3 is 2.89 bits per heavy atom. The Bertz CT molecular complexity index is 459. The number of furan rings is 1. The molecule has 0 amide bonds. The minimum absolute atomic E-state index is 0.210. The lowest BCUT2D eigenvalue weighted by atomic mass is 10.2. The first-order chi connectivity index (χ1) is 9.31. The predicted molar refractivity (Wildman–Crippen MR) is 78.4 cm³/mol. The molecule has 2 rings (SSSR count). The lowest BCUT2D eigenvalue weighted by molar-refractivity contribution is 0.130. The normalized spacial score (nSPS) is 12.9. The summed E-state index contributed by atoms with van der Waals surface area (Å²) in [4.78, 5) is 0. The first-order valence-corrected chi connectivity index (χ1v) is 7.11. The van der Waals surface area contributed by atoms with Gasteiger partial charge in [0.1, 0.15) is 11.3 Å². The van der Waals surface area contributed by atoms with Gasteiger partial charge in [0, 0.05) is 18.5 Å². The van der Waals surface area contributed by atoms with Crippen molar-refractivity contribution in [3.63, 3.8) is 0 Å². The van der Waals surface area contributed by atoms with Crippen LogP contribution in [0, 0.1) is 0 Å². The van der Waals surface area contributed by atoms with E-state index >= 15 is 0 Å². The number of nitrogens with one attached hydrogen (secondary N) is 1. The molecular formula is C16H23NO2. The van der Waals surface area contributed by atoms with Crippen LogP contribution in [0.5, 0.6) is 0 Å². The van der Waals surface area contributed by atoms with Crippen molar-refractivity contribution in [1.82, 2.24) is 5.32 Å². The van der Waals surface area contributed by atoms with E-state index in [1.807, 2.05) is 18.2 Å². The maximum Gasteiger partial charge on any atom is 0.134 e. The molecule has 0 aliphatic carbocycles. The van der Waals surface area contributed by atoms with E-state index in [1.165, 1.54) is 6.42 Å². The fourth-order valence-electron chi connectivity index (χ4n) is 2.01. The first kappa shape index (κ1) is 14.1. The average Bonchev–Trinajstić information content (AvgIpc) is 2.86. The van der Waals surface area contributed by atoms with Crippen LogP contribution in [0.1, 0.15) is 38.5 Å². The highest BCUT2D eigenvalue weighted by Gasteiger charge is 2.10. The monoisotopic (exact) mass is 261 g/mol. The fraction of sp³-hybridized carbons (Fsp3) is 0.500. The summed E-state index contributed by atoms with van der Waals surface area (Å²) in [6, 6.07) is 10.4. The molecule has 0 spiro atoms. The maximum atomic E-state index is 5.82. The third kappa shape index (κ3) is 4.08. The lowest BCUT2D eigenvalue weighted by Gasteiger charge is -2.11. The van der Waals surface area contributed by atoms with Gasteiger partial charge in [-0.05, 0) is 25.5 Å². The summed E-state index contributed by atoms with van der Waals surface area (Å²) in [6.45, 7) is 6.75. The van der Waals surface area contributed by atoms with Crippen LogP contribution in [0.3, 0.4) is 0 Å². The summed E-state index contributed by atoms with van der Waals surface area (Å²) in [7, 11) is 0. The summed E-state index contributed by atoms with van der Waals surface area (Å²) in [5.74, 6) is 0.981. The summed E-state index contributed by atoms with van der Waals surface area (Å²) >= 11 is 0. The number of hydrogen-bond acceptors (Lipinski definition) is 3. The second-order valence-corrected chi connectivity index (χ2v) is 4.83. The van der Waals surface area contributed by atoms with Gasteiger partial charge in [0.2, 0.25) is 0 Å².